The van der Waals surface area contributed by atoms with Crippen LogP contribution in [0, 0.1) is 11.2 Å². The molecule has 1 spiro atoms. The lowest BCUT2D eigenvalue weighted by Gasteiger charge is -2.33. The number of carboxylic acid groups (broad SMARTS) is 1. The Morgan fingerprint density at radius 3 is 2.62 bits per heavy atom. The average Bonchev–Trinajstić information content (AvgIpc) is 3.09. The smallest absolute Gasteiger partial charge is 0.325 e. The lowest BCUT2D eigenvalue weighted by atomic mass is 9.88. The molecule has 1 saturated carbocycles. The van der Waals surface area contributed by atoms with Crippen molar-refractivity contribution >= 4 is 5.97 Å². The van der Waals surface area contributed by atoms with Crippen LogP contribution in [-0.4, -0.2) is 35.7 Å². The van der Waals surface area contributed by atoms with E-state index in [1.165, 1.54) is 25.0 Å². The first-order chi connectivity index (χ1) is 11.6. The molecule has 4 rings (SSSR count). The lowest BCUT2D eigenvalue weighted by molar-refractivity contribution is -0.143. The Balaban J connectivity index is 1.65. The molecule has 2 heterocycles. The minimum atomic E-state index is -0.904. The summed E-state index contributed by atoms with van der Waals surface area (Å²) in [5.41, 5.74) is 1.81. The van der Waals surface area contributed by atoms with Crippen LogP contribution in [0.15, 0.2) is 18.2 Å². The number of hydrogen-bond acceptors (Lipinski definition) is 3. The topological polar surface area (TPSA) is 49.8 Å². The first kappa shape index (κ1) is 16.0. The van der Waals surface area contributed by atoms with E-state index in [2.05, 4.69) is 0 Å². The average molecular weight is 333 g/mol. The molecule has 2 unspecified atom stereocenters. The van der Waals surface area contributed by atoms with Gasteiger partial charge in [-0.1, -0.05) is 6.07 Å². The van der Waals surface area contributed by atoms with E-state index in [0.29, 0.717) is 11.0 Å². The molecule has 1 aromatic rings. The molecule has 0 aromatic heterocycles. The molecule has 130 valence electrons. The molecular weight excluding hydrogens is 309 g/mol. The summed E-state index contributed by atoms with van der Waals surface area (Å²) in [6.07, 6.45) is 6.37. The minimum absolute atomic E-state index is 0.115. The van der Waals surface area contributed by atoms with Crippen LogP contribution in [0.2, 0.25) is 0 Å². The van der Waals surface area contributed by atoms with Gasteiger partial charge >= 0.3 is 5.97 Å². The van der Waals surface area contributed by atoms with Gasteiger partial charge in [-0.3, -0.25) is 9.69 Å². The molecule has 0 radical (unpaired) electrons. The summed E-state index contributed by atoms with van der Waals surface area (Å²) >= 11 is 0. The van der Waals surface area contributed by atoms with Gasteiger partial charge in [-0.2, -0.15) is 0 Å². The maximum Gasteiger partial charge on any atom is 0.325 e. The monoisotopic (exact) mass is 333 g/mol. The number of likely N-dealkylation sites (tertiary alicyclic amines) is 1. The Kier molecular flexibility index (Phi) is 4.09. The molecule has 1 aliphatic carbocycles. The van der Waals surface area contributed by atoms with Gasteiger partial charge in [-0.15, -0.1) is 0 Å². The van der Waals surface area contributed by atoms with Crippen molar-refractivity contribution in [2.45, 2.75) is 50.7 Å². The number of rotatable bonds is 4. The van der Waals surface area contributed by atoms with Gasteiger partial charge in [-0.05, 0) is 80.3 Å². The number of benzene rings is 1. The molecule has 3 fully saturated rings. The van der Waals surface area contributed by atoms with Gasteiger partial charge in [0.05, 0.1) is 12.7 Å². The van der Waals surface area contributed by atoms with Gasteiger partial charge in [-0.25, -0.2) is 4.39 Å². The normalized spacial score (nSPS) is 27.3. The van der Waals surface area contributed by atoms with E-state index in [4.69, 9.17) is 4.74 Å². The highest BCUT2D eigenvalue weighted by molar-refractivity contribution is 5.76. The predicted molar refractivity (Wildman–Crippen MR) is 87.2 cm³/mol. The Morgan fingerprint density at radius 2 is 2.04 bits per heavy atom. The molecule has 1 aromatic carbocycles. The van der Waals surface area contributed by atoms with Crippen LogP contribution < -0.4 is 0 Å². The molecule has 0 amide bonds. The largest absolute Gasteiger partial charge is 0.480 e. The van der Waals surface area contributed by atoms with Gasteiger partial charge in [0.15, 0.2) is 0 Å². The van der Waals surface area contributed by atoms with Crippen molar-refractivity contribution in [1.82, 2.24) is 4.90 Å². The van der Waals surface area contributed by atoms with Crippen LogP contribution in [0.1, 0.15) is 61.8 Å². The molecular formula is C19H24FNO3. The zero-order chi connectivity index (χ0) is 16.7. The molecule has 4 nitrogen and oxygen atoms in total. The van der Waals surface area contributed by atoms with Crippen molar-refractivity contribution in [3.8, 4) is 0 Å². The second kappa shape index (κ2) is 6.12. The van der Waals surface area contributed by atoms with Crippen LogP contribution >= 0.6 is 0 Å². The SMILES string of the molecule is O=C(O)C(c1cc(F)ccc1C1CCC2(CC2)CO1)N1CCCC1. The fraction of sp³-hybridized carbons (Fsp3) is 0.632. The number of ether oxygens (including phenoxy) is 1. The van der Waals surface area contributed by atoms with Crippen LogP contribution in [-0.2, 0) is 9.53 Å². The summed E-state index contributed by atoms with van der Waals surface area (Å²) < 4.78 is 20.0. The summed E-state index contributed by atoms with van der Waals surface area (Å²) in [5.74, 6) is -1.29. The molecule has 3 aliphatic rings. The molecule has 24 heavy (non-hydrogen) atoms. The Labute approximate surface area is 141 Å². The zero-order valence-electron chi connectivity index (χ0n) is 13.8. The standard InChI is InChI=1S/C19H24FNO3/c20-13-3-4-14(16-5-6-19(7-8-19)12-24-16)15(11-13)17(18(22)23)21-9-1-2-10-21/h3-4,11,16-17H,1-2,5-10,12H2,(H,22,23). The number of hydrogen-bond donors (Lipinski definition) is 1. The lowest BCUT2D eigenvalue weighted by Crippen LogP contribution is -2.33. The zero-order valence-corrected chi connectivity index (χ0v) is 13.8. The summed E-state index contributed by atoms with van der Waals surface area (Å²) in [6.45, 7) is 2.25. The van der Waals surface area contributed by atoms with Gasteiger partial charge < -0.3 is 9.84 Å². The quantitative estimate of drug-likeness (QED) is 0.913. The third kappa shape index (κ3) is 2.95. The summed E-state index contributed by atoms with van der Waals surface area (Å²) in [6, 6.07) is 3.77. The van der Waals surface area contributed by atoms with Crippen molar-refractivity contribution < 1.29 is 19.0 Å². The minimum Gasteiger partial charge on any atom is -0.480 e. The highest BCUT2D eigenvalue weighted by Crippen LogP contribution is 2.54. The summed E-state index contributed by atoms with van der Waals surface area (Å²) in [4.78, 5) is 13.9. The number of carboxylic acids is 1. The summed E-state index contributed by atoms with van der Waals surface area (Å²) in [5, 5.41) is 9.79. The van der Waals surface area contributed by atoms with Crippen LogP contribution in [0.3, 0.4) is 0 Å². The van der Waals surface area contributed by atoms with E-state index >= 15 is 0 Å². The number of aliphatic carboxylic acids is 1. The number of nitrogens with zero attached hydrogens (tertiary/aromatic N) is 1. The van der Waals surface area contributed by atoms with Crippen molar-refractivity contribution in [2.24, 2.45) is 5.41 Å². The number of halogens is 1. The second-order valence-corrected chi connectivity index (χ2v) is 7.60. The fourth-order valence-corrected chi connectivity index (χ4v) is 4.25. The van der Waals surface area contributed by atoms with E-state index in [1.54, 1.807) is 6.07 Å². The van der Waals surface area contributed by atoms with E-state index in [-0.39, 0.29) is 11.9 Å². The molecule has 2 atom stereocenters. The first-order valence-corrected chi connectivity index (χ1v) is 8.96. The van der Waals surface area contributed by atoms with E-state index in [1.807, 2.05) is 4.90 Å². The third-order valence-corrected chi connectivity index (χ3v) is 5.91. The first-order valence-electron chi connectivity index (χ1n) is 8.96. The fourth-order valence-electron chi connectivity index (χ4n) is 4.25. The Hall–Kier alpha value is -1.46. The van der Waals surface area contributed by atoms with Crippen molar-refractivity contribution in [3.63, 3.8) is 0 Å². The van der Waals surface area contributed by atoms with Gasteiger partial charge in [0.1, 0.15) is 11.9 Å². The Morgan fingerprint density at radius 1 is 1.29 bits per heavy atom. The van der Waals surface area contributed by atoms with Crippen LogP contribution in [0.25, 0.3) is 0 Å². The third-order valence-electron chi connectivity index (χ3n) is 5.91. The maximum absolute atomic E-state index is 13.9. The van der Waals surface area contributed by atoms with Gasteiger partial charge in [0, 0.05) is 0 Å². The summed E-state index contributed by atoms with van der Waals surface area (Å²) in [7, 11) is 0. The van der Waals surface area contributed by atoms with Crippen molar-refractivity contribution in [1.29, 1.82) is 0 Å². The number of carbonyl (C=O) groups is 1. The second-order valence-electron chi connectivity index (χ2n) is 7.60. The van der Waals surface area contributed by atoms with Gasteiger partial charge in [0.25, 0.3) is 0 Å². The van der Waals surface area contributed by atoms with E-state index in [9.17, 15) is 14.3 Å². The highest BCUT2D eigenvalue weighted by atomic mass is 19.1. The molecule has 5 heteroatoms. The van der Waals surface area contributed by atoms with Crippen molar-refractivity contribution in [3.05, 3.63) is 35.1 Å². The van der Waals surface area contributed by atoms with Crippen LogP contribution in [0.4, 0.5) is 4.39 Å². The molecule has 2 aliphatic heterocycles. The molecule has 2 saturated heterocycles. The van der Waals surface area contributed by atoms with Gasteiger partial charge in [0.2, 0.25) is 0 Å². The maximum atomic E-state index is 13.9. The van der Waals surface area contributed by atoms with Crippen LogP contribution in [0.5, 0.6) is 0 Å². The van der Waals surface area contributed by atoms with E-state index < -0.39 is 12.0 Å². The predicted octanol–water partition coefficient (Wildman–Crippen LogP) is 3.68. The van der Waals surface area contributed by atoms with E-state index in [0.717, 1.165) is 50.9 Å². The van der Waals surface area contributed by atoms with Crippen molar-refractivity contribution in [2.75, 3.05) is 19.7 Å². The Bertz CT molecular complexity index is 627. The molecule has 1 N–H and O–H groups in total. The molecule has 0 bridgehead atoms. The highest BCUT2D eigenvalue weighted by Gasteiger charge is 2.46.